The molecule has 1 aromatic rings. The molecular weight excluding hydrogens is 300 g/mol. The van der Waals surface area contributed by atoms with Crippen molar-refractivity contribution in [3.8, 4) is 0 Å². The molecule has 1 spiro atoms. The average Bonchev–Trinajstić information content (AvgIpc) is 2.72. The number of carbonyl (C=O) groups excluding carboxylic acids is 2. The van der Waals surface area contributed by atoms with Crippen molar-refractivity contribution in [2.75, 3.05) is 37.5 Å². The summed E-state index contributed by atoms with van der Waals surface area (Å²) in [6.07, 6.45) is 0. The second kappa shape index (κ2) is 5.21. The zero-order chi connectivity index (χ0) is 16.8. The van der Waals surface area contributed by atoms with Crippen molar-refractivity contribution in [2.45, 2.75) is 19.6 Å². The second-order valence-corrected chi connectivity index (χ2v) is 6.60. The summed E-state index contributed by atoms with van der Waals surface area (Å²) in [5.74, 6) is -2.48. The number of nitrogens with two attached hydrogens (primary N) is 1. The Hall–Kier alpha value is -2.12. The fraction of sp³-hybridized carbons (Fsp3) is 0.500. The van der Waals surface area contributed by atoms with Gasteiger partial charge in [-0.1, -0.05) is 13.8 Å². The maximum absolute atomic E-state index is 12.9. The first kappa shape index (κ1) is 15.8. The summed E-state index contributed by atoms with van der Waals surface area (Å²) in [5.41, 5.74) is 7.24. The van der Waals surface area contributed by atoms with Crippen molar-refractivity contribution < 1.29 is 23.8 Å². The minimum atomic E-state index is -1.53. The molecule has 1 aromatic carbocycles. The normalized spacial score (nSPS) is 21.3. The number of nitrogen functional groups attached to an aromatic ring is 1. The van der Waals surface area contributed by atoms with E-state index in [1.807, 2.05) is 13.8 Å². The van der Waals surface area contributed by atoms with E-state index in [1.165, 1.54) is 12.0 Å². The third kappa shape index (κ3) is 2.46. The van der Waals surface area contributed by atoms with Crippen LogP contribution in [0.3, 0.4) is 0 Å². The van der Waals surface area contributed by atoms with E-state index in [0.29, 0.717) is 30.2 Å². The number of ether oxygens (including phenoxy) is 3. The van der Waals surface area contributed by atoms with Gasteiger partial charge in [-0.15, -0.1) is 0 Å². The Bertz CT molecular complexity index is 660. The van der Waals surface area contributed by atoms with Crippen LogP contribution in [-0.4, -0.2) is 38.7 Å². The van der Waals surface area contributed by atoms with Gasteiger partial charge in [-0.05, 0) is 18.2 Å². The van der Waals surface area contributed by atoms with Crippen molar-refractivity contribution in [3.05, 3.63) is 23.8 Å². The lowest BCUT2D eigenvalue weighted by molar-refractivity contribution is -0.286. The summed E-state index contributed by atoms with van der Waals surface area (Å²) in [4.78, 5) is 25.9. The predicted molar refractivity (Wildman–Crippen MR) is 82.6 cm³/mol. The monoisotopic (exact) mass is 320 g/mol. The standard InChI is InChI=1S/C16H20N2O5/c1-15(2)8-22-16(23-9-15)11-6-10(17)4-5-12(11)18(14(16)20)7-13(19)21-3/h4-6H,7-9,17H2,1-3H3. The highest BCUT2D eigenvalue weighted by Gasteiger charge is 2.57. The summed E-state index contributed by atoms with van der Waals surface area (Å²) in [7, 11) is 1.28. The van der Waals surface area contributed by atoms with Crippen LogP contribution in [0.15, 0.2) is 18.2 Å². The summed E-state index contributed by atoms with van der Waals surface area (Å²) >= 11 is 0. The molecule has 124 valence electrons. The fourth-order valence-electron chi connectivity index (χ4n) is 2.76. The van der Waals surface area contributed by atoms with Crippen molar-refractivity contribution in [2.24, 2.45) is 5.41 Å². The molecule has 1 fully saturated rings. The number of anilines is 2. The molecule has 23 heavy (non-hydrogen) atoms. The van der Waals surface area contributed by atoms with Crippen LogP contribution in [0.1, 0.15) is 19.4 Å². The maximum Gasteiger partial charge on any atom is 0.325 e. The number of nitrogens with zero attached hydrogens (tertiary/aromatic N) is 1. The molecule has 0 aromatic heterocycles. The lowest BCUT2D eigenvalue weighted by Gasteiger charge is -2.40. The molecule has 0 bridgehead atoms. The van der Waals surface area contributed by atoms with Crippen molar-refractivity contribution >= 4 is 23.3 Å². The molecule has 2 aliphatic heterocycles. The van der Waals surface area contributed by atoms with E-state index in [4.69, 9.17) is 15.2 Å². The van der Waals surface area contributed by atoms with Crippen molar-refractivity contribution in [1.29, 1.82) is 0 Å². The van der Waals surface area contributed by atoms with E-state index in [-0.39, 0.29) is 12.0 Å². The highest BCUT2D eigenvalue weighted by atomic mass is 16.7. The minimum Gasteiger partial charge on any atom is -0.468 e. The Morgan fingerprint density at radius 3 is 2.61 bits per heavy atom. The number of hydrogen-bond acceptors (Lipinski definition) is 6. The van der Waals surface area contributed by atoms with Crippen LogP contribution in [0.4, 0.5) is 11.4 Å². The number of esters is 1. The van der Waals surface area contributed by atoms with Gasteiger partial charge in [-0.25, -0.2) is 0 Å². The quantitative estimate of drug-likeness (QED) is 0.646. The van der Waals surface area contributed by atoms with Crippen LogP contribution in [0.2, 0.25) is 0 Å². The third-order valence-corrected chi connectivity index (χ3v) is 4.04. The molecular formula is C16H20N2O5. The van der Waals surface area contributed by atoms with Gasteiger partial charge in [0.15, 0.2) is 0 Å². The van der Waals surface area contributed by atoms with Crippen LogP contribution >= 0.6 is 0 Å². The van der Waals surface area contributed by atoms with Crippen LogP contribution in [0, 0.1) is 5.41 Å². The first-order valence-corrected chi connectivity index (χ1v) is 7.36. The van der Waals surface area contributed by atoms with Crippen LogP contribution in [0.5, 0.6) is 0 Å². The third-order valence-electron chi connectivity index (χ3n) is 4.04. The smallest absolute Gasteiger partial charge is 0.325 e. The predicted octanol–water partition coefficient (Wildman–Crippen LogP) is 1.01. The summed E-state index contributed by atoms with van der Waals surface area (Å²) < 4.78 is 16.4. The molecule has 1 amide bonds. The summed E-state index contributed by atoms with van der Waals surface area (Å²) in [6.45, 7) is 4.50. The molecule has 0 radical (unpaired) electrons. The first-order valence-electron chi connectivity index (χ1n) is 7.36. The fourth-order valence-corrected chi connectivity index (χ4v) is 2.76. The van der Waals surface area contributed by atoms with Gasteiger partial charge in [0.05, 0.1) is 26.0 Å². The van der Waals surface area contributed by atoms with Crippen LogP contribution < -0.4 is 10.6 Å². The molecule has 2 heterocycles. The molecule has 3 rings (SSSR count). The Morgan fingerprint density at radius 1 is 1.35 bits per heavy atom. The first-order chi connectivity index (χ1) is 10.8. The molecule has 1 saturated heterocycles. The Kier molecular flexibility index (Phi) is 3.57. The van der Waals surface area contributed by atoms with E-state index in [1.54, 1.807) is 18.2 Å². The summed E-state index contributed by atoms with van der Waals surface area (Å²) in [6, 6.07) is 5.01. The molecule has 7 heteroatoms. The molecule has 0 atom stereocenters. The zero-order valence-electron chi connectivity index (χ0n) is 13.4. The van der Waals surface area contributed by atoms with Crippen molar-refractivity contribution in [1.82, 2.24) is 0 Å². The molecule has 0 aliphatic carbocycles. The molecule has 7 nitrogen and oxygen atoms in total. The minimum absolute atomic E-state index is 0.193. The van der Waals surface area contributed by atoms with Gasteiger partial charge >= 0.3 is 5.97 Å². The maximum atomic E-state index is 12.9. The summed E-state index contributed by atoms with van der Waals surface area (Å²) in [5, 5.41) is 0. The average molecular weight is 320 g/mol. The number of methoxy groups -OCH3 is 1. The lowest BCUT2D eigenvalue weighted by Crippen LogP contribution is -2.52. The number of amides is 1. The highest BCUT2D eigenvalue weighted by Crippen LogP contribution is 2.47. The Morgan fingerprint density at radius 2 is 2.00 bits per heavy atom. The number of fused-ring (bicyclic) bond motifs is 2. The highest BCUT2D eigenvalue weighted by molar-refractivity contribution is 6.08. The van der Waals surface area contributed by atoms with Gasteiger partial charge in [0, 0.05) is 16.7 Å². The largest absolute Gasteiger partial charge is 0.468 e. The Balaban J connectivity index is 2.04. The van der Waals surface area contributed by atoms with Gasteiger partial charge < -0.3 is 19.9 Å². The molecule has 0 saturated carbocycles. The van der Waals surface area contributed by atoms with Crippen LogP contribution in [0.25, 0.3) is 0 Å². The number of rotatable bonds is 2. The number of carbonyl (C=O) groups is 2. The van der Waals surface area contributed by atoms with Gasteiger partial charge in [-0.2, -0.15) is 0 Å². The molecule has 2 aliphatic rings. The van der Waals surface area contributed by atoms with Crippen molar-refractivity contribution in [3.63, 3.8) is 0 Å². The SMILES string of the molecule is COC(=O)CN1C(=O)C2(OCC(C)(C)CO2)c2cc(N)ccc21. The van der Waals surface area contributed by atoms with Gasteiger partial charge in [0.25, 0.3) is 11.7 Å². The van der Waals surface area contributed by atoms with Crippen LogP contribution in [-0.2, 0) is 29.6 Å². The van der Waals surface area contributed by atoms with E-state index < -0.39 is 17.7 Å². The number of hydrogen-bond donors (Lipinski definition) is 1. The molecule has 0 unspecified atom stereocenters. The van der Waals surface area contributed by atoms with Gasteiger partial charge in [-0.3, -0.25) is 14.5 Å². The van der Waals surface area contributed by atoms with E-state index in [9.17, 15) is 9.59 Å². The zero-order valence-corrected chi connectivity index (χ0v) is 13.4. The second-order valence-electron chi connectivity index (χ2n) is 6.60. The number of benzene rings is 1. The van der Waals surface area contributed by atoms with E-state index >= 15 is 0 Å². The van der Waals surface area contributed by atoms with E-state index in [0.717, 1.165) is 0 Å². The topological polar surface area (TPSA) is 91.1 Å². The van der Waals surface area contributed by atoms with E-state index in [2.05, 4.69) is 4.74 Å². The molecule has 2 N–H and O–H groups in total. The van der Waals surface area contributed by atoms with Gasteiger partial charge in [0.1, 0.15) is 6.54 Å². The lowest BCUT2D eigenvalue weighted by atomic mass is 9.93. The van der Waals surface area contributed by atoms with Gasteiger partial charge in [0.2, 0.25) is 0 Å². The Labute approximate surface area is 134 Å².